The van der Waals surface area contributed by atoms with E-state index in [1.807, 2.05) is 91.0 Å². The van der Waals surface area contributed by atoms with Gasteiger partial charge in [-0.05, 0) is 144 Å². The molecule has 0 saturated carbocycles. The topological polar surface area (TPSA) is 34.1 Å². The van der Waals surface area contributed by atoms with Gasteiger partial charge in [0.05, 0.1) is 0 Å². The van der Waals surface area contributed by atoms with E-state index in [9.17, 15) is 0 Å². The number of fused-ring (bicyclic) bond motifs is 14. The van der Waals surface area contributed by atoms with Gasteiger partial charge >= 0.3 is 0 Å². The molecule has 0 spiro atoms. The van der Waals surface area contributed by atoms with Crippen molar-refractivity contribution in [2.24, 2.45) is 0 Å². The second kappa shape index (κ2) is 19.9. The smallest absolute Gasteiger partial charge is 0.171 e. The van der Waals surface area contributed by atoms with E-state index in [1.54, 1.807) is 0 Å². The SMILES string of the molecule is O=P(c1ccccc1)(c1ccc(-c2ccc3c4ccc(-c5cccc6c(P(=O)(c7ccccc7)c7ccccc7)cccc56)cc4c4ccccc4c3c2)cc1)c1ccc(-c2ccc3c4ccccc4c4ccccc4c3c2)c2ccccc12. The first-order chi connectivity index (χ1) is 41.4. The molecule has 16 aromatic rings. The molecule has 0 fully saturated rings. The molecular weight excluding hydrogens is 1050 g/mol. The minimum absolute atomic E-state index is 0.788. The van der Waals surface area contributed by atoms with Crippen LogP contribution in [-0.2, 0) is 9.13 Å². The van der Waals surface area contributed by atoms with Crippen LogP contribution < -0.4 is 31.8 Å². The molecule has 0 amide bonds. The van der Waals surface area contributed by atoms with Crippen LogP contribution in [0.2, 0.25) is 0 Å². The molecule has 0 aromatic heterocycles. The van der Waals surface area contributed by atoms with Gasteiger partial charge in [0.2, 0.25) is 0 Å². The molecule has 0 saturated heterocycles. The largest absolute Gasteiger partial charge is 0.309 e. The summed E-state index contributed by atoms with van der Waals surface area (Å²) in [5.41, 5.74) is 6.57. The number of benzene rings is 16. The van der Waals surface area contributed by atoms with Crippen LogP contribution in [0.15, 0.2) is 315 Å². The predicted octanol–water partition coefficient (Wildman–Crippen LogP) is 19.2. The summed E-state index contributed by atoms with van der Waals surface area (Å²) >= 11 is 0. The van der Waals surface area contributed by atoms with E-state index in [2.05, 4.69) is 224 Å². The van der Waals surface area contributed by atoms with Crippen molar-refractivity contribution in [1.82, 2.24) is 0 Å². The predicted molar refractivity (Wildman–Crippen MR) is 362 cm³/mol. The summed E-state index contributed by atoms with van der Waals surface area (Å²) in [5, 5.41) is 23.5. The normalized spacial score (nSPS) is 12.7. The van der Waals surface area contributed by atoms with E-state index in [4.69, 9.17) is 0 Å². The molecule has 1 unspecified atom stereocenters. The fraction of sp³-hybridized carbons (Fsp3) is 0. The Morgan fingerprint density at radius 2 is 0.452 bits per heavy atom. The van der Waals surface area contributed by atoms with Crippen molar-refractivity contribution in [1.29, 1.82) is 0 Å². The standard InChI is InChI=1S/C80H52O2P2/c81-83(57-20-4-1-5-21-57,58-22-6-2-7-23-58)79-37-19-35-64-61(34-18-36-75(64)79)55-41-47-73-72-45-40-54(50-76(72)69-31-14-15-32-70(69)78(73)51-55)53-38-43-60(44-39-53)84(82,59-24-8-3-9-25-59)80-49-48-62(63-26-16-17-33-74(63)80)56-42-46-71-67-29-11-10-27-65(67)66-28-12-13-30-68(66)77(71)52-56/h1-52H. The summed E-state index contributed by atoms with van der Waals surface area (Å²) < 4.78 is 32.3. The van der Waals surface area contributed by atoms with E-state index in [-0.39, 0.29) is 0 Å². The van der Waals surface area contributed by atoms with Crippen LogP contribution in [0.25, 0.3) is 120 Å². The van der Waals surface area contributed by atoms with Gasteiger partial charge in [-0.25, -0.2) is 0 Å². The van der Waals surface area contributed by atoms with Gasteiger partial charge in [-0.3, -0.25) is 0 Å². The van der Waals surface area contributed by atoms with Crippen molar-refractivity contribution in [3.63, 3.8) is 0 Å². The molecule has 0 aliphatic carbocycles. The van der Waals surface area contributed by atoms with Crippen LogP contribution in [0.5, 0.6) is 0 Å². The van der Waals surface area contributed by atoms with E-state index >= 15 is 9.13 Å². The lowest BCUT2D eigenvalue weighted by Crippen LogP contribution is -2.25. The van der Waals surface area contributed by atoms with Gasteiger partial charge in [-0.15, -0.1) is 0 Å². The summed E-state index contributed by atoms with van der Waals surface area (Å²) in [5.74, 6) is 0. The molecule has 0 aliphatic heterocycles. The molecule has 16 aromatic carbocycles. The van der Waals surface area contributed by atoms with Crippen LogP contribution in [-0.4, -0.2) is 0 Å². The molecule has 0 N–H and O–H groups in total. The molecule has 84 heavy (non-hydrogen) atoms. The average molecular weight is 1110 g/mol. The van der Waals surface area contributed by atoms with Gasteiger partial charge in [0.1, 0.15) is 0 Å². The maximum atomic E-state index is 16.5. The molecule has 0 aliphatic rings. The van der Waals surface area contributed by atoms with Crippen molar-refractivity contribution < 1.29 is 9.13 Å². The second-order valence-corrected chi connectivity index (χ2v) is 27.5. The maximum Gasteiger partial charge on any atom is 0.171 e. The Bertz CT molecular complexity index is 5330. The molecule has 4 heteroatoms. The van der Waals surface area contributed by atoms with Crippen LogP contribution in [0.1, 0.15) is 0 Å². The summed E-state index contributed by atoms with van der Waals surface area (Å²) in [4.78, 5) is 0. The van der Waals surface area contributed by atoms with Crippen molar-refractivity contribution >= 4 is 132 Å². The van der Waals surface area contributed by atoms with Gasteiger partial charge < -0.3 is 9.13 Å². The minimum Gasteiger partial charge on any atom is -0.309 e. The van der Waals surface area contributed by atoms with Crippen LogP contribution in [0.3, 0.4) is 0 Å². The zero-order valence-electron chi connectivity index (χ0n) is 45.7. The number of rotatable bonds is 9. The molecule has 0 radical (unpaired) electrons. The third kappa shape index (κ3) is 7.79. The fourth-order valence-electron chi connectivity index (χ4n) is 13.6. The van der Waals surface area contributed by atoms with Gasteiger partial charge in [-0.2, -0.15) is 0 Å². The van der Waals surface area contributed by atoms with Crippen molar-refractivity contribution in [2.45, 2.75) is 0 Å². The highest BCUT2D eigenvalue weighted by atomic mass is 31.2. The molecule has 0 bridgehead atoms. The highest BCUT2D eigenvalue weighted by molar-refractivity contribution is 7.86. The Hall–Kier alpha value is -9.94. The first-order valence-corrected chi connectivity index (χ1v) is 32.1. The van der Waals surface area contributed by atoms with Crippen LogP contribution in [0, 0.1) is 0 Å². The zero-order valence-corrected chi connectivity index (χ0v) is 47.5. The molecule has 2 nitrogen and oxygen atoms in total. The maximum absolute atomic E-state index is 16.5. The highest BCUT2D eigenvalue weighted by Gasteiger charge is 2.33. The van der Waals surface area contributed by atoms with E-state index < -0.39 is 14.3 Å². The van der Waals surface area contributed by atoms with Crippen molar-refractivity contribution in [2.75, 3.05) is 0 Å². The van der Waals surface area contributed by atoms with Gasteiger partial charge in [0, 0.05) is 31.8 Å². The Morgan fingerprint density at radius 3 is 0.905 bits per heavy atom. The Morgan fingerprint density at radius 1 is 0.167 bits per heavy atom. The summed E-state index contributed by atoms with van der Waals surface area (Å²) in [6, 6.07) is 111. The van der Waals surface area contributed by atoms with E-state index in [0.717, 1.165) is 86.8 Å². The second-order valence-electron chi connectivity index (χ2n) is 22.0. The molecule has 16 rings (SSSR count). The van der Waals surface area contributed by atoms with Crippen LogP contribution in [0.4, 0.5) is 0 Å². The van der Waals surface area contributed by atoms with E-state index in [0.29, 0.717) is 0 Å². The summed E-state index contributed by atoms with van der Waals surface area (Å²) in [6.45, 7) is 0. The molecular formula is C80H52O2P2. The van der Waals surface area contributed by atoms with Crippen LogP contribution >= 0.6 is 14.3 Å². The third-order valence-electron chi connectivity index (χ3n) is 17.6. The minimum atomic E-state index is -3.43. The monoisotopic (exact) mass is 1110 g/mol. The first-order valence-electron chi connectivity index (χ1n) is 28.7. The lowest BCUT2D eigenvalue weighted by atomic mass is 9.89. The Labute approximate surface area is 487 Å². The van der Waals surface area contributed by atoms with Crippen molar-refractivity contribution in [3.05, 3.63) is 315 Å². The lowest BCUT2D eigenvalue weighted by molar-refractivity contribution is 0.592. The quantitative estimate of drug-likeness (QED) is 0.107. The van der Waals surface area contributed by atoms with Gasteiger partial charge in [-0.1, -0.05) is 291 Å². The Balaban J connectivity index is 0.781. The van der Waals surface area contributed by atoms with Gasteiger partial charge in [0.25, 0.3) is 0 Å². The van der Waals surface area contributed by atoms with Gasteiger partial charge in [0.15, 0.2) is 14.3 Å². The van der Waals surface area contributed by atoms with Crippen molar-refractivity contribution in [3.8, 4) is 33.4 Å². The zero-order chi connectivity index (χ0) is 55.9. The number of hydrogen-bond acceptors (Lipinski definition) is 2. The fourth-order valence-corrected chi connectivity index (χ4v) is 19.3. The average Bonchev–Trinajstić information content (AvgIpc) is 3.23. The third-order valence-corrected chi connectivity index (χ3v) is 23.8. The Kier molecular flexibility index (Phi) is 11.8. The highest BCUT2D eigenvalue weighted by Crippen LogP contribution is 2.49. The molecule has 394 valence electrons. The van der Waals surface area contributed by atoms with E-state index in [1.165, 1.54) is 64.6 Å². The molecule has 0 heterocycles. The summed E-state index contributed by atoms with van der Waals surface area (Å²) in [6.07, 6.45) is 0. The first kappa shape index (κ1) is 49.8. The summed E-state index contributed by atoms with van der Waals surface area (Å²) in [7, 11) is -6.67. The lowest BCUT2D eigenvalue weighted by Gasteiger charge is -2.23. The molecule has 1 atom stereocenters. The number of hydrogen-bond donors (Lipinski definition) is 0.